The van der Waals surface area contributed by atoms with Crippen LogP contribution in [-0.4, -0.2) is 43.8 Å². The summed E-state index contributed by atoms with van der Waals surface area (Å²) in [5.41, 5.74) is 4.71. The fourth-order valence-electron chi connectivity index (χ4n) is 3.28. The highest BCUT2D eigenvalue weighted by atomic mass is 16.6. The van der Waals surface area contributed by atoms with Gasteiger partial charge in [-0.25, -0.2) is 4.79 Å². The van der Waals surface area contributed by atoms with Crippen molar-refractivity contribution in [3.8, 4) is 11.1 Å². The summed E-state index contributed by atoms with van der Waals surface area (Å²) in [6.45, 7) is 4.17. The van der Waals surface area contributed by atoms with Gasteiger partial charge in [0.25, 0.3) is 0 Å². The highest BCUT2D eigenvalue weighted by Crippen LogP contribution is 2.44. The van der Waals surface area contributed by atoms with Gasteiger partial charge in [0, 0.05) is 19.5 Å². The first kappa shape index (κ1) is 18.7. The van der Waals surface area contributed by atoms with Gasteiger partial charge in [-0.05, 0) is 22.3 Å². The Balaban J connectivity index is 1.59. The molecule has 5 heteroatoms. The molecule has 0 aliphatic heterocycles. The van der Waals surface area contributed by atoms with Gasteiger partial charge in [-0.3, -0.25) is 4.79 Å². The van der Waals surface area contributed by atoms with E-state index in [1.54, 1.807) is 7.05 Å². The zero-order valence-electron chi connectivity index (χ0n) is 15.4. The highest BCUT2D eigenvalue weighted by Gasteiger charge is 2.29. The molecule has 2 aromatic rings. The maximum atomic E-state index is 12.3. The second-order valence-corrected chi connectivity index (χ2v) is 6.45. The Hall–Kier alpha value is -3.08. The zero-order chi connectivity index (χ0) is 19.2. The smallest absolute Gasteiger partial charge is 0.409 e. The Morgan fingerprint density at radius 3 is 2.22 bits per heavy atom. The van der Waals surface area contributed by atoms with Crippen LogP contribution in [0.5, 0.6) is 0 Å². The highest BCUT2D eigenvalue weighted by molar-refractivity contribution is 5.79. The number of benzene rings is 2. The largest absolute Gasteiger partial charge is 0.461 e. The fraction of sp³-hybridized carbons (Fsp3) is 0.273. The summed E-state index contributed by atoms with van der Waals surface area (Å²) >= 11 is 0. The molecule has 0 atom stereocenters. The molecule has 0 fully saturated rings. The summed E-state index contributed by atoms with van der Waals surface area (Å²) < 4.78 is 10.4. The molecule has 0 bridgehead atoms. The predicted molar refractivity (Wildman–Crippen MR) is 103 cm³/mol. The van der Waals surface area contributed by atoms with Crippen molar-refractivity contribution in [2.24, 2.45) is 0 Å². The predicted octanol–water partition coefficient (Wildman–Crippen LogP) is 3.99. The van der Waals surface area contributed by atoms with Crippen LogP contribution in [-0.2, 0) is 14.3 Å². The molecule has 1 amide bonds. The lowest BCUT2D eigenvalue weighted by Crippen LogP contribution is -2.31. The molecule has 0 saturated carbocycles. The van der Waals surface area contributed by atoms with Crippen molar-refractivity contribution in [2.75, 3.05) is 26.8 Å². The number of esters is 1. The van der Waals surface area contributed by atoms with E-state index in [-0.39, 0.29) is 38.1 Å². The number of nitrogens with zero attached hydrogens (tertiary/aromatic N) is 1. The molecule has 0 heterocycles. The number of carbonyl (C=O) groups is 2. The van der Waals surface area contributed by atoms with Gasteiger partial charge in [0.1, 0.15) is 13.2 Å². The molecular weight excluding hydrogens is 342 g/mol. The van der Waals surface area contributed by atoms with Crippen molar-refractivity contribution in [2.45, 2.75) is 12.3 Å². The molecule has 0 radical (unpaired) electrons. The van der Waals surface area contributed by atoms with E-state index in [0.717, 1.165) is 0 Å². The number of rotatable bonds is 7. The lowest BCUT2D eigenvalue weighted by Gasteiger charge is -2.19. The quantitative estimate of drug-likeness (QED) is 0.550. The summed E-state index contributed by atoms with van der Waals surface area (Å²) in [5.74, 6) is -0.347. The van der Waals surface area contributed by atoms with Gasteiger partial charge in [-0.2, -0.15) is 0 Å². The average molecular weight is 365 g/mol. The van der Waals surface area contributed by atoms with E-state index in [4.69, 9.17) is 9.47 Å². The van der Waals surface area contributed by atoms with Gasteiger partial charge >= 0.3 is 12.1 Å². The van der Waals surface area contributed by atoms with Crippen molar-refractivity contribution in [3.63, 3.8) is 0 Å². The molecule has 2 aromatic carbocycles. The van der Waals surface area contributed by atoms with E-state index in [1.165, 1.54) is 33.2 Å². The summed E-state index contributed by atoms with van der Waals surface area (Å²) in [5, 5.41) is 0. The van der Waals surface area contributed by atoms with Crippen LogP contribution in [0.1, 0.15) is 23.5 Å². The Labute approximate surface area is 159 Å². The van der Waals surface area contributed by atoms with E-state index in [9.17, 15) is 9.59 Å². The molecule has 0 saturated heterocycles. The third-order valence-electron chi connectivity index (χ3n) is 4.66. The molecular formula is C22H23NO4. The van der Waals surface area contributed by atoms with Crippen LogP contribution in [0.2, 0.25) is 0 Å². The van der Waals surface area contributed by atoms with E-state index in [2.05, 4.69) is 30.8 Å². The fourth-order valence-corrected chi connectivity index (χ4v) is 3.28. The second kappa shape index (κ2) is 8.54. The van der Waals surface area contributed by atoms with Crippen molar-refractivity contribution >= 4 is 12.1 Å². The number of hydrogen-bond acceptors (Lipinski definition) is 4. The van der Waals surface area contributed by atoms with Crippen LogP contribution in [0.15, 0.2) is 61.2 Å². The minimum Gasteiger partial charge on any atom is -0.461 e. The third-order valence-corrected chi connectivity index (χ3v) is 4.66. The van der Waals surface area contributed by atoms with Gasteiger partial charge in [-0.1, -0.05) is 61.2 Å². The Morgan fingerprint density at radius 1 is 1.04 bits per heavy atom. The van der Waals surface area contributed by atoms with E-state index >= 15 is 0 Å². The van der Waals surface area contributed by atoms with Gasteiger partial charge in [0.05, 0.1) is 6.42 Å². The van der Waals surface area contributed by atoms with Crippen molar-refractivity contribution in [1.29, 1.82) is 0 Å². The Kier molecular flexibility index (Phi) is 5.91. The number of amides is 1. The van der Waals surface area contributed by atoms with Crippen LogP contribution < -0.4 is 0 Å². The molecule has 5 nitrogen and oxygen atoms in total. The standard InChI is InChI=1S/C22H23NO4/c1-3-14-26-21(24)12-13-23(2)22(25)27-15-20-18-10-6-4-8-16(18)17-9-5-7-11-19(17)20/h3-11,20H,1,12-15H2,2H3. The monoisotopic (exact) mass is 365 g/mol. The second-order valence-electron chi connectivity index (χ2n) is 6.45. The molecule has 0 unspecified atom stereocenters. The number of carbonyl (C=O) groups excluding carboxylic acids is 2. The van der Waals surface area contributed by atoms with Crippen LogP contribution in [0.4, 0.5) is 4.79 Å². The molecule has 0 aromatic heterocycles. The molecule has 1 aliphatic carbocycles. The third kappa shape index (κ3) is 4.19. The van der Waals surface area contributed by atoms with Crippen LogP contribution in [0.25, 0.3) is 11.1 Å². The zero-order valence-corrected chi connectivity index (χ0v) is 15.4. The normalized spacial score (nSPS) is 12.0. The molecule has 0 N–H and O–H groups in total. The minimum absolute atomic E-state index is 0.0207. The van der Waals surface area contributed by atoms with Crippen LogP contribution >= 0.6 is 0 Å². The van der Waals surface area contributed by atoms with Gasteiger partial charge in [-0.15, -0.1) is 0 Å². The van der Waals surface area contributed by atoms with Crippen molar-refractivity contribution in [1.82, 2.24) is 4.90 Å². The number of fused-ring (bicyclic) bond motifs is 3. The maximum Gasteiger partial charge on any atom is 0.409 e. The van der Waals surface area contributed by atoms with E-state index in [1.807, 2.05) is 24.3 Å². The Bertz CT molecular complexity index is 800. The summed E-state index contributed by atoms with van der Waals surface area (Å²) in [6.07, 6.45) is 1.18. The first-order valence-corrected chi connectivity index (χ1v) is 8.94. The van der Waals surface area contributed by atoms with Crippen LogP contribution in [0, 0.1) is 0 Å². The average Bonchev–Trinajstić information content (AvgIpc) is 3.02. The maximum absolute atomic E-state index is 12.3. The summed E-state index contributed by atoms with van der Waals surface area (Å²) in [6, 6.07) is 16.4. The molecule has 140 valence electrons. The molecule has 3 rings (SSSR count). The van der Waals surface area contributed by atoms with E-state index in [0.29, 0.717) is 0 Å². The molecule has 1 aliphatic rings. The Morgan fingerprint density at radius 2 is 1.63 bits per heavy atom. The first-order valence-electron chi connectivity index (χ1n) is 8.94. The first-order chi connectivity index (χ1) is 13.1. The van der Waals surface area contributed by atoms with Gasteiger partial charge in [0.15, 0.2) is 0 Å². The lowest BCUT2D eigenvalue weighted by molar-refractivity contribution is -0.142. The summed E-state index contributed by atoms with van der Waals surface area (Å²) in [7, 11) is 1.61. The van der Waals surface area contributed by atoms with Gasteiger partial charge < -0.3 is 14.4 Å². The topological polar surface area (TPSA) is 55.8 Å². The number of hydrogen-bond donors (Lipinski definition) is 0. The lowest BCUT2D eigenvalue weighted by atomic mass is 9.98. The van der Waals surface area contributed by atoms with Crippen molar-refractivity contribution in [3.05, 3.63) is 72.3 Å². The molecule has 27 heavy (non-hydrogen) atoms. The number of ether oxygens (including phenoxy) is 2. The summed E-state index contributed by atoms with van der Waals surface area (Å²) in [4.78, 5) is 25.2. The SMILES string of the molecule is C=CCOC(=O)CCN(C)C(=O)OCC1c2ccccc2-c2ccccc21. The minimum atomic E-state index is -0.451. The molecule has 0 spiro atoms. The van der Waals surface area contributed by atoms with E-state index < -0.39 is 6.09 Å². The van der Waals surface area contributed by atoms with Crippen molar-refractivity contribution < 1.29 is 19.1 Å². The van der Waals surface area contributed by atoms with Gasteiger partial charge in [0.2, 0.25) is 0 Å². The van der Waals surface area contributed by atoms with Crippen LogP contribution in [0.3, 0.4) is 0 Å².